The minimum atomic E-state index is -4.13. The van der Waals surface area contributed by atoms with Crippen molar-refractivity contribution in [3.05, 3.63) is 36.4 Å². The highest BCUT2D eigenvalue weighted by molar-refractivity contribution is 7.89. The van der Waals surface area contributed by atoms with Gasteiger partial charge in [-0.1, -0.05) is 24.3 Å². The third kappa shape index (κ3) is 3.81. The molecule has 1 unspecified atom stereocenters. The Morgan fingerprint density at radius 2 is 1.75 bits per heavy atom. The fourth-order valence-electron chi connectivity index (χ4n) is 2.30. The van der Waals surface area contributed by atoms with Gasteiger partial charge in [0.15, 0.2) is 0 Å². The second-order valence-corrected chi connectivity index (χ2v) is 6.90. The maximum atomic E-state index is 12.6. The number of amides is 1. The normalized spacial score (nSPS) is 12.8. The summed E-state index contributed by atoms with van der Waals surface area (Å²) < 4.78 is 27.3. The Labute approximate surface area is 138 Å². The summed E-state index contributed by atoms with van der Waals surface area (Å²) in [4.78, 5) is 22.0. The number of hydrogen-bond acceptors (Lipinski definition) is 5. The van der Waals surface area contributed by atoms with Crippen LogP contribution in [0.2, 0.25) is 0 Å². The lowest BCUT2D eigenvalue weighted by Crippen LogP contribution is -2.41. The molecule has 1 atom stereocenters. The lowest BCUT2D eigenvalue weighted by molar-refractivity contribution is -0.139. The van der Waals surface area contributed by atoms with Crippen LogP contribution < -0.4 is 16.2 Å². The first-order valence-corrected chi connectivity index (χ1v) is 8.51. The molecule has 0 aliphatic rings. The van der Waals surface area contributed by atoms with Crippen LogP contribution in [0, 0.1) is 0 Å². The Bertz CT molecular complexity index is 895. The maximum Gasteiger partial charge on any atom is 0.321 e. The standard InChI is InChI=1S/C15H17N3O5S/c16-11-5-7-13(10-4-2-1-3-9(10)11)24(22,23)18-12(15(20)21)6-8-14(17)19/h1-5,7,12,18H,6,8,16H2,(H2,17,19)(H,20,21). The van der Waals surface area contributed by atoms with Crippen molar-refractivity contribution in [2.24, 2.45) is 5.73 Å². The molecule has 0 heterocycles. The van der Waals surface area contributed by atoms with Crippen LogP contribution in [0.4, 0.5) is 5.69 Å². The molecule has 0 aliphatic heterocycles. The van der Waals surface area contributed by atoms with Crippen LogP contribution in [0.3, 0.4) is 0 Å². The van der Waals surface area contributed by atoms with E-state index < -0.39 is 27.9 Å². The molecule has 9 heteroatoms. The molecular weight excluding hydrogens is 334 g/mol. The van der Waals surface area contributed by atoms with Gasteiger partial charge < -0.3 is 16.6 Å². The quantitative estimate of drug-likeness (QED) is 0.530. The van der Waals surface area contributed by atoms with E-state index in [2.05, 4.69) is 4.72 Å². The van der Waals surface area contributed by atoms with Gasteiger partial charge in [0.05, 0.1) is 4.90 Å². The highest BCUT2D eigenvalue weighted by atomic mass is 32.2. The van der Waals surface area contributed by atoms with E-state index in [0.29, 0.717) is 16.5 Å². The summed E-state index contributed by atoms with van der Waals surface area (Å²) in [6.07, 6.45) is -0.487. The van der Waals surface area contributed by atoms with Gasteiger partial charge in [0.25, 0.3) is 0 Å². The lowest BCUT2D eigenvalue weighted by atomic mass is 10.1. The minimum absolute atomic E-state index is 0.0855. The number of nitrogens with two attached hydrogens (primary N) is 2. The smallest absolute Gasteiger partial charge is 0.321 e. The van der Waals surface area contributed by atoms with Crippen LogP contribution in [0.5, 0.6) is 0 Å². The van der Waals surface area contributed by atoms with E-state index in [1.165, 1.54) is 12.1 Å². The first-order valence-electron chi connectivity index (χ1n) is 7.03. The number of rotatable bonds is 7. The van der Waals surface area contributed by atoms with Gasteiger partial charge in [0, 0.05) is 22.9 Å². The molecule has 8 nitrogen and oxygen atoms in total. The van der Waals surface area contributed by atoms with Crippen molar-refractivity contribution in [1.82, 2.24) is 4.72 Å². The molecule has 24 heavy (non-hydrogen) atoms. The molecule has 0 aromatic heterocycles. The van der Waals surface area contributed by atoms with Gasteiger partial charge in [0.2, 0.25) is 15.9 Å². The second-order valence-electron chi connectivity index (χ2n) is 5.22. The average Bonchev–Trinajstić information content (AvgIpc) is 2.51. The summed E-state index contributed by atoms with van der Waals surface area (Å²) in [7, 11) is -4.13. The highest BCUT2D eigenvalue weighted by Gasteiger charge is 2.27. The van der Waals surface area contributed by atoms with E-state index in [0.717, 1.165) is 0 Å². The molecule has 2 rings (SSSR count). The molecule has 2 aromatic rings. The molecule has 0 saturated carbocycles. The van der Waals surface area contributed by atoms with Crippen LogP contribution in [0.15, 0.2) is 41.3 Å². The number of carbonyl (C=O) groups excluding carboxylic acids is 1. The summed E-state index contributed by atoms with van der Waals surface area (Å²) >= 11 is 0. The van der Waals surface area contributed by atoms with Crippen molar-refractivity contribution in [3.8, 4) is 0 Å². The summed E-state index contributed by atoms with van der Waals surface area (Å²) in [5.41, 5.74) is 11.2. The summed E-state index contributed by atoms with van der Waals surface area (Å²) in [5.74, 6) is -2.10. The van der Waals surface area contributed by atoms with Crippen molar-refractivity contribution in [1.29, 1.82) is 0 Å². The number of carbonyl (C=O) groups is 2. The van der Waals surface area contributed by atoms with Gasteiger partial charge in [-0.05, 0) is 18.6 Å². The summed E-state index contributed by atoms with van der Waals surface area (Å²) in [6, 6.07) is 7.92. The van der Waals surface area contributed by atoms with Gasteiger partial charge in [-0.3, -0.25) is 9.59 Å². The maximum absolute atomic E-state index is 12.6. The molecule has 0 aliphatic carbocycles. The highest BCUT2D eigenvalue weighted by Crippen LogP contribution is 2.27. The van der Waals surface area contributed by atoms with Crippen molar-refractivity contribution < 1.29 is 23.1 Å². The lowest BCUT2D eigenvalue weighted by Gasteiger charge is -2.16. The van der Waals surface area contributed by atoms with Crippen molar-refractivity contribution >= 4 is 38.4 Å². The first-order chi connectivity index (χ1) is 11.2. The second kappa shape index (κ2) is 6.85. The molecular formula is C15H17N3O5S. The fourth-order valence-corrected chi connectivity index (χ4v) is 3.73. The molecule has 0 saturated heterocycles. The Hall–Kier alpha value is -2.65. The Morgan fingerprint density at radius 3 is 2.33 bits per heavy atom. The number of nitrogens with one attached hydrogen (secondary N) is 1. The molecule has 2 aromatic carbocycles. The zero-order chi connectivity index (χ0) is 17.9. The van der Waals surface area contributed by atoms with Gasteiger partial charge in [0.1, 0.15) is 6.04 Å². The molecule has 128 valence electrons. The van der Waals surface area contributed by atoms with Crippen molar-refractivity contribution in [3.63, 3.8) is 0 Å². The molecule has 1 amide bonds. The minimum Gasteiger partial charge on any atom is -0.480 e. The number of fused-ring (bicyclic) bond motifs is 1. The van der Waals surface area contributed by atoms with Gasteiger partial charge in [-0.15, -0.1) is 0 Å². The zero-order valence-electron chi connectivity index (χ0n) is 12.6. The summed E-state index contributed by atoms with van der Waals surface area (Å²) in [5, 5.41) is 10.1. The third-order valence-corrected chi connectivity index (χ3v) is 5.01. The molecule has 0 spiro atoms. The Kier molecular flexibility index (Phi) is 5.05. The zero-order valence-corrected chi connectivity index (χ0v) is 13.4. The number of carboxylic acid groups (broad SMARTS) is 1. The van der Waals surface area contributed by atoms with Crippen LogP contribution in [-0.2, 0) is 19.6 Å². The number of sulfonamides is 1. The summed E-state index contributed by atoms with van der Waals surface area (Å²) in [6.45, 7) is 0. The number of nitrogen functional groups attached to an aromatic ring is 1. The number of anilines is 1. The SMILES string of the molecule is NC(=O)CCC(NS(=O)(=O)c1ccc(N)c2ccccc12)C(=O)O. The monoisotopic (exact) mass is 351 g/mol. The molecule has 0 fully saturated rings. The van der Waals surface area contributed by atoms with Gasteiger partial charge >= 0.3 is 5.97 Å². The van der Waals surface area contributed by atoms with Crippen LogP contribution in [0.25, 0.3) is 10.8 Å². The van der Waals surface area contributed by atoms with E-state index in [4.69, 9.17) is 16.6 Å². The number of primary amides is 1. The predicted octanol–water partition coefficient (Wildman–Crippen LogP) is 0.419. The van der Waals surface area contributed by atoms with Crippen LogP contribution in [0.1, 0.15) is 12.8 Å². The van der Waals surface area contributed by atoms with E-state index in [9.17, 15) is 18.0 Å². The predicted molar refractivity (Wildman–Crippen MR) is 88.5 cm³/mol. The molecule has 0 bridgehead atoms. The number of carboxylic acids is 1. The Balaban J connectivity index is 2.41. The third-order valence-electron chi connectivity index (χ3n) is 3.48. The van der Waals surface area contributed by atoms with E-state index >= 15 is 0 Å². The molecule has 6 N–H and O–H groups in total. The van der Waals surface area contributed by atoms with E-state index in [1.807, 2.05) is 0 Å². The van der Waals surface area contributed by atoms with Gasteiger partial charge in [-0.25, -0.2) is 8.42 Å². The number of hydrogen-bond donors (Lipinski definition) is 4. The van der Waals surface area contributed by atoms with Crippen LogP contribution in [-0.4, -0.2) is 31.4 Å². The van der Waals surface area contributed by atoms with E-state index in [1.54, 1.807) is 24.3 Å². The van der Waals surface area contributed by atoms with E-state index in [-0.39, 0.29) is 17.7 Å². The topological polar surface area (TPSA) is 153 Å². The largest absolute Gasteiger partial charge is 0.480 e. The van der Waals surface area contributed by atoms with Crippen molar-refractivity contribution in [2.75, 3.05) is 5.73 Å². The number of benzene rings is 2. The van der Waals surface area contributed by atoms with Crippen molar-refractivity contribution in [2.45, 2.75) is 23.8 Å². The molecule has 0 radical (unpaired) electrons. The van der Waals surface area contributed by atoms with Crippen LogP contribution >= 0.6 is 0 Å². The number of aliphatic carboxylic acids is 1. The first kappa shape index (κ1) is 17.7. The fraction of sp³-hybridized carbons (Fsp3) is 0.200. The average molecular weight is 351 g/mol. The van der Waals surface area contributed by atoms with Gasteiger partial charge in [-0.2, -0.15) is 4.72 Å². The Morgan fingerprint density at radius 1 is 1.12 bits per heavy atom.